The molecule has 2 fully saturated rings. The fourth-order valence-corrected chi connectivity index (χ4v) is 3.73. The number of nitrogens with zero attached hydrogens (tertiary/aromatic N) is 2. The van der Waals surface area contributed by atoms with Crippen LogP contribution in [0, 0.1) is 0 Å². The van der Waals surface area contributed by atoms with Crippen molar-refractivity contribution >= 4 is 11.8 Å². The Labute approximate surface area is 151 Å². The van der Waals surface area contributed by atoms with Gasteiger partial charge in [0, 0.05) is 22.9 Å². The van der Waals surface area contributed by atoms with Crippen LogP contribution in [0.1, 0.15) is 25.5 Å². The van der Waals surface area contributed by atoms with Crippen molar-refractivity contribution in [2.75, 3.05) is 18.1 Å². The van der Waals surface area contributed by atoms with Gasteiger partial charge in [0.1, 0.15) is 18.4 Å². The number of anilines is 1. The number of rotatable bonds is 3. The molecule has 26 heavy (non-hydrogen) atoms. The minimum atomic E-state index is -0.546. The van der Waals surface area contributed by atoms with Crippen LogP contribution in [0.3, 0.4) is 0 Å². The molecule has 0 bridgehead atoms. The summed E-state index contributed by atoms with van der Waals surface area (Å²) >= 11 is 0. The second-order valence-electron chi connectivity index (χ2n) is 7.53. The highest BCUT2D eigenvalue weighted by Crippen LogP contribution is 2.47. The number of carbonyl (C=O) groups is 1. The maximum Gasteiger partial charge on any atom is 0.415 e. The highest BCUT2D eigenvalue weighted by molar-refractivity contribution is 5.94. The Bertz CT molecular complexity index is 876. The molecule has 3 aliphatic rings. The van der Waals surface area contributed by atoms with E-state index in [1.54, 1.807) is 4.90 Å². The van der Waals surface area contributed by atoms with E-state index < -0.39 is 12.2 Å². The number of carbonyl (C=O) groups excluding carboxylic acids is 1. The Morgan fingerprint density at radius 1 is 1.27 bits per heavy atom. The van der Waals surface area contributed by atoms with E-state index in [1.165, 1.54) is 12.8 Å². The van der Waals surface area contributed by atoms with Crippen LogP contribution in [-0.4, -0.2) is 41.5 Å². The quantitative estimate of drug-likeness (QED) is 0.920. The van der Waals surface area contributed by atoms with E-state index in [1.807, 2.05) is 24.4 Å². The molecule has 1 aromatic carbocycles. The number of benzene rings is 1. The normalized spacial score (nSPS) is 25.2. The van der Waals surface area contributed by atoms with Gasteiger partial charge >= 0.3 is 6.09 Å². The van der Waals surface area contributed by atoms with Gasteiger partial charge in [0.15, 0.2) is 6.10 Å². The van der Waals surface area contributed by atoms with Crippen LogP contribution in [0.5, 0.6) is 5.75 Å². The van der Waals surface area contributed by atoms with Crippen LogP contribution >= 0.6 is 0 Å². The third-order valence-corrected chi connectivity index (χ3v) is 5.73. The summed E-state index contributed by atoms with van der Waals surface area (Å²) in [5.41, 5.74) is 4.10. The molecule has 3 heterocycles. The highest BCUT2D eigenvalue weighted by Gasteiger charge is 2.46. The van der Waals surface area contributed by atoms with E-state index in [0.717, 1.165) is 16.8 Å². The van der Waals surface area contributed by atoms with Crippen LogP contribution in [0.4, 0.5) is 10.5 Å². The smallest absolute Gasteiger partial charge is 0.415 e. The summed E-state index contributed by atoms with van der Waals surface area (Å²) in [7, 11) is 0. The van der Waals surface area contributed by atoms with Crippen molar-refractivity contribution in [2.24, 2.45) is 0 Å². The average molecular weight is 352 g/mol. The molecule has 1 saturated carbocycles. The Balaban J connectivity index is 1.46. The number of aromatic nitrogens is 1. The van der Waals surface area contributed by atoms with Gasteiger partial charge in [0.2, 0.25) is 0 Å². The summed E-state index contributed by atoms with van der Waals surface area (Å²) in [5.74, 6) is 0.646. The SMILES string of the molecule is CC1(c2ccc(-c3ccc4c(c3)OC[C@H]3[C@H](CO)OC(=O)N43)cn2)CC1. The molecule has 2 aliphatic heterocycles. The lowest BCUT2D eigenvalue weighted by atomic mass is 10.0. The number of fused-ring (bicyclic) bond motifs is 3. The third-order valence-electron chi connectivity index (χ3n) is 5.73. The lowest BCUT2D eigenvalue weighted by molar-refractivity contribution is 0.0734. The second-order valence-corrected chi connectivity index (χ2v) is 7.53. The second kappa shape index (κ2) is 5.45. The number of hydrogen-bond donors (Lipinski definition) is 1. The first-order valence-electron chi connectivity index (χ1n) is 8.93. The van der Waals surface area contributed by atoms with Gasteiger partial charge in [-0.25, -0.2) is 4.79 Å². The first-order valence-corrected chi connectivity index (χ1v) is 8.93. The van der Waals surface area contributed by atoms with E-state index in [4.69, 9.17) is 9.47 Å². The zero-order valence-corrected chi connectivity index (χ0v) is 14.5. The van der Waals surface area contributed by atoms with Gasteiger partial charge in [-0.15, -0.1) is 0 Å². The van der Waals surface area contributed by atoms with Gasteiger partial charge in [-0.2, -0.15) is 0 Å². The standard InChI is InChI=1S/C20H20N2O4/c1-20(6-7-20)18-5-3-13(9-21-18)12-2-4-14-16(8-12)25-11-15-17(10-23)26-19(24)22(14)15/h2-5,8-9,15,17,23H,6-7,10-11H2,1H3/t15-,17-/m0/s1. The molecular weight excluding hydrogens is 332 g/mol. The molecule has 5 rings (SSSR count). The van der Waals surface area contributed by atoms with Crippen molar-refractivity contribution in [3.05, 3.63) is 42.2 Å². The Kier molecular flexibility index (Phi) is 3.28. The lowest BCUT2D eigenvalue weighted by Crippen LogP contribution is -2.45. The van der Waals surface area contributed by atoms with Crippen molar-refractivity contribution in [1.82, 2.24) is 4.98 Å². The number of hydrogen-bond acceptors (Lipinski definition) is 5. The first-order chi connectivity index (χ1) is 12.6. The van der Waals surface area contributed by atoms with E-state index in [2.05, 4.69) is 24.0 Å². The molecule has 2 aromatic rings. The predicted octanol–water partition coefficient (Wildman–Crippen LogP) is 2.88. The van der Waals surface area contributed by atoms with Crippen molar-refractivity contribution < 1.29 is 19.4 Å². The molecule has 2 atom stereocenters. The summed E-state index contributed by atoms with van der Waals surface area (Å²) in [5, 5.41) is 9.38. The maximum atomic E-state index is 12.2. The monoisotopic (exact) mass is 352 g/mol. The summed E-state index contributed by atoms with van der Waals surface area (Å²) in [6, 6.07) is 9.66. The summed E-state index contributed by atoms with van der Waals surface area (Å²) in [6.07, 6.45) is 3.33. The fraction of sp³-hybridized carbons (Fsp3) is 0.400. The van der Waals surface area contributed by atoms with Crippen LogP contribution in [-0.2, 0) is 10.2 Å². The number of amides is 1. The summed E-state index contributed by atoms with van der Waals surface area (Å²) < 4.78 is 11.1. The Morgan fingerprint density at radius 3 is 2.77 bits per heavy atom. The molecule has 1 aromatic heterocycles. The van der Waals surface area contributed by atoms with Gasteiger partial charge in [-0.05, 0) is 36.6 Å². The lowest BCUT2D eigenvalue weighted by Gasteiger charge is -2.31. The molecule has 1 aliphatic carbocycles. The molecule has 0 spiro atoms. The van der Waals surface area contributed by atoms with Gasteiger partial charge in [0.25, 0.3) is 0 Å². The average Bonchev–Trinajstić information content (AvgIpc) is 3.34. The van der Waals surface area contributed by atoms with Crippen LogP contribution < -0.4 is 9.64 Å². The number of aliphatic hydroxyl groups is 1. The summed E-state index contributed by atoms with van der Waals surface area (Å²) in [4.78, 5) is 18.4. The Morgan fingerprint density at radius 2 is 2.08 bits per heavy atom. The minimum Gasteiger partial charge on any atom is -0.489 e. The molecule has 0 unspecified atom stereocenters. The third kappa shape index (κ3) is 2.29. The molecule has 134 valence electrons. The van der Waals surface area contributed by atoms with Crippen molar-refractivity contribution in [2.45, 2.75) is 37.3 Å². The van der Waals surface area contributed by atoms with Crippen LogP contribution in [0.15, 0.2) is 36.5 Å². The van der Waals surface area contributed by atoms with Crippen molar-refractivity contribution in [3.63, 3.8) is 0 Å². The number of ether oxygens (including phenoxy) is 2. The fourth-order valence-electron chi connectivity index (χ4n) is 3.73. The molecular formula is C20H20N2O4. The van der Waals surface area contributed by atoms with Crippen molar-refractivity contribution in [3.8, 4) is 16.9 Å². The molecule has 1 amide bonds. The highest BCUT2D eigenvalue weighted by atomic mass is 16.6. The van der Waals surface area contributed by atoms with Gasteiger partial charge < -0.3 is 14.6 Å². The summed E-state index contributed by atoms with van der Waals surface area (Å²) in [6.45, 7) is 2.34. The zero-order valence-electron chi connectivity index (χ0n) is 14.5. The number of aliphatic hydroxyl groups excluding tert-OH is 1. The van der Waals surface area contributed by atoms with E-state index in [-0.39, 0.29) is 18.1 Å². The first kappa shape index (κ1) is 15.6. The largest absolute Gasteiger partial charge is 0.489 e. The number of pyridine rings is 1. The van der Waals surface area contributed by atoms with E-state index in [0.29, 0.717) is 18.0 Å². The van der Waals surface area contributed by atoms with Gasteiger partial charge in [0.05, 0.1) is 12.3 Å². The molecule has 6 nitrogen and oxygen atoms in total. The van der Waals surface area contributed by atoms with Gasteiger partial charge in [-0.1, -0.05) is 19.1 Å². The maximum absolute atomic E-state index is 12.2. The molecule has 0 radical (unpaired) electrons. The minimum absolute atomic E-state index is 0.208. The molecule has 6 heteroatoms. The molecule has 1 saturated heterocycles. The van der Waals surface area contributed by atoms with Crippen LogP contribution in [0.25, 0.3) is 11.1 Å². The van der Waals surface area contributed by atoms with Crippen LogP contribution in [0.2, 0.25) is 0 Å². The Hall–Kier alpha value is -2.60. The van der Waals surface area contributed by atoms with Crippen molar-refractivity contribution in [1.29, 1.82) is 0 Å². The van der Waals surface area contributed by atoms with E-state index in [9.17, 15) is 9.90 Å². The van der Waals surface area contributed by atoms with E-state index >= 15 is 0 Å². The topological polar surface area (TPSA) is 71.9 Å². The zero-order chi connectivity index (χ0) is 17.9. The molecule has 1 N–H and O–H groups in total. The van der Waals surface area contributed by atoms with Gasteiger partial charge in [-0.3, -0.25) is 9.88 Å². The number of cyclic esters (lactones) is 1. The predicted molar refractivity (Wildman–Crippen MR) is 95.4 cm³/mol.